The molecule has 8 nitrogen and oxygen atoms in total. The number of anilines is 2. The van der Waals surface area contributed by atoms with Crippen LogP contribution >= 0.6 is 0 Å². The van der Waals surface area contributed by atoms with Gasteiger partial charge in [-0.2, -0.15) is 9.97 Å². The Hall–Kier alpha value is -2.71. The van der Waals surface area contributed by atoms with E-state index in [1.54, 1.807) is 6.33 Å². The first kappa shape index (κ1) is 18.1. The number of imidazole rings is 1. The maximum absolute atomic E-state index is 9.45. The van der Waals surface area contributed by atoms with Gasteiger partial charge in [0.2, 0.25) is 5.95 Å². The third-order valence-corrected chi connectivity index (χ3v) is 4.14. The average Bonchev–Trinajstić information content (AvgIpc) is 3.09. The van der Waals surface area contributed by atoms with Gasteiger partial charge >= 0.3 is 0 Å². The van der Waals surface area contributed by atoms with E-state index < -0.39 is 0 Å². The zero-order valence-corrected chi connectivity index (χ0v) is 14.8. The molecule has 0 amide bonds. The predicted molar refractivity (Wildman–Crippen MR) is 101 cm³/mol. The molecule has 0 aliphatic rings. The minimum Gasteiger partial charge on any atom is -0.396 e. The number of aryl methyl sites for hydroxylation is 1. The van der Waals surface area contributed by atoms with Crippen LogP contribution in [0.1, 0.15) is 18.9 Å². The van der Waals surface area contributed by atoms with Crippen LogP contribution in [-0.2, 0) is 13.1 Å². The fraction of sp³-hybridized carbons (Fsp3) is 0.389. The first-order chi connectivity index (χ1) is 12.7. The Kier molecular flexibility index (Phi) is 5.98. The molecule has 2 aromatic heterocycles. The first-order valence-electron chi connectivity index (χ1n) is 8.74. The fourth-order valence-corrected chi connectivity index (χ4v) is 2.69. The van der Waals surface area contributed by atoms with Crippen molar-refractivity contribution in [2.24, 2.45) is 0 Å². The summed E-state index contributed by atoms with van der Waals surface area (Å²) in [5.41, 5.74) is 2.56. The van der Waals surface area contributed by atoms with Crippen molar-refractivity contribution in [1.82, 2.24) is 19.5 Å². The number of aliphatic hydroxyl groups is 2. The van der Waals surface area contributed by atoms with E-state index in [0.29, 0.717) is 30.2 Å². The quantitative estimate of drug-likeness (QED) is 0.461. The van der Waals surface area contributed by atoms with Crippen LogP contribution in [0.15, 0.2) is 36.7 Å². The second kappa shape index (κ2) is 8.59. The van der Waals surface area contributed by atoms with Crippen molar-refractivity contribution in [2.75, 3.05) is 23.8 Å². The molecule has 0 spiro atoms. The van der Waals surface area contributed by atoms with E-state index in [2.05, 4.69) is 25.6 Å². The van der Waals surface area contributed by atoms with E-state index in [0.717, 1.165) is 17.8 Å². The van der Waals surface area contributed by atoms with E-state index >= 15 is 0 Å². The lowest BCUT2D eigenvalue weighted by molar-refractivity contribution is 0.228. The van der Waals surface area contributed by atoms with Crippen molar-refractivity contribution in [3.63, 3.8) is 0 Å². The maximum Gasteiger partial charge on any atom is 0.227 e. The van der Waals surface area contributed by atoms with Crippen LogP contribution in [0.4, 0.5) is 11.8 Å². The maximum atomic E-state index is 9.45. The number of aliphatic hydroxyl groups excluding tert-OH is 2. The van der Waals surface area contributed by atoms with Gasteiger partial charge in [0.1, 0.15) is 0 Å². The highest BCUT2D eigenvalue weighted by atomic mass is 16.3. The molecule has 0 saturated heterocycles. The van der Waals surface area contributed by atoms with Crippen LogP contribution in [0.25, 0.3) is 11.2 Å². The van der Waals surface area contributed by atoms with Gasteiger partial charge < -0.3 is 25.4 Å². The predicted octanol–water partition coefficient (Wildman–Crippen LogP) is 1.61. The average molecular weight is 356 g/mol. The van der Waals surface area contributed by atoms with Crippen LogP contribution < -0.4 is 10.6 Å². The summed E-state index contributed by atoms with van der Waals surface area (Å²) >= 11 is 0. The van der Waals surface area contributed by atoms with Gasteiger partial charge in [0.25, 0.3) is 0 Å². The van der Waals surface area contributed by atoms with Crippen LogP contribution in [0.2, 0.25) is 0 Å². The normalized spacial score (nSPS) is 12.3. The molecule has 3 aromatic rings. The van der Waals surface area contributed by atoms with Crippen molar-refractivity contribution in [3.05, 3.63) is 42.2 Å². The summed E-state index contributed by atoms with van der Waals surface area (Å²) in [5, 5.41) is 25.0. The van der Waals surface area contributed by atoms with Gasteiger partial charge in [-0.3, -0.25) is 0 Å². The molecule has 1 unspecified atom stereocenters. The molecule has 0 saturated carbocycles. The largest absolute Gasteiger partial charge is 0.396 e. The third-order valence-electron chi connectivity index (χ3n) is 4.14. The van der Waals surface area contributed by atoms with Crippen LogP contribution in [0, 0.1) is 0 Å². The van der Waals surface area contributed by atoms with Crippen molar-refractivity contribution in [3.8, 4) is 0 Å². The molecule has 0 bridgehead atoms. The highest BCUT2D eigenvalue weighted by molar-refractivity contribution is 5.84. The van der Waals surface area contributed by atoms with Gasteiger partial charge in [-0.05, 0) is 18.9 Å². The summed E-state index contributed by atoms with van der Waals surface area (Å²) in [5.74, 6) is 1.03. The van der Waals surface area contributed by atoms with Gasteiger partial charge in [-0.15, -0.1) is 0 Å². The monoisotopic (exact) mass is 356 g/mol. The number of aromatic nitrogens is 4. The fourth-order valence-electron chi connectivity index (χ4n) is 2.69. The molecule has 138 valence electrons. The van der Waals surface area contributed by atoms with Crippen molar-refractivity contribution in [1.29, 1.82) is 0 Å². The second-order valence-electron chi connectivity index (χ2n) is 5.97. The second-order valence-corrected chi connectivity index (χ2v) is 5.97. The Morgan fingerprint density at radius 2 is 1.96 bits per heavy atom. The molecule has 26 heavy (non-hydrogen) atoms. The summed E-state index contributed by atoms with van der Waals surface area (Å²) < 4.78 is 1.94. The molecule has 0 radical (unpaired) electrons. The summed E-state index contributed by atoms with van der Waals surface area (Å²) in [6.45, 7) is 3.25. The Morgan fingerprint density at radius 1 is 1.15 bits per heavy atom. The summed E-state index contributed by atoms with van der Waals surface area (Å²) in [7, 11) is 0. The smallest absolute Gasteiger partial charge is 0.227 e. The van der Waals surface area contributed by atoms with Crippen molar-refractivity contribution in [2.45, 2.75) is 32.5 Å². The van der Waals surface area contributed by atoms with Gasteiger partial charge in [0.15, 0.2) is 17.0 Å². The lowest BCUT2D eigenvalue weighted by atomic mass is 10.2. The third kappa shape index (κ3) is 4.09. The molecular weight excluding hydrogens is 332 g/mol. The number of hydrogen-bond acceptors (Lipinski definition) is 7. The Morgan fingerprint density at radius 3 is 2.65 bits per heavy atom. The zero-order chi connectivity index (χ0) is 18.4. The molecule has 1 aromatic carbocycles. The SMILES string of the molecule is CCn1cnc2c(NCc3ccccc3)nc(NC(CO)CCO)nc21. The van der Waals surface area contributed by atoms with Crippen LogP contribution in [-0.4, -0.2) is 49.0 Å². The number of hydrogen-bond donors (Lipinski definition) is 4. The number of nitrogens with one attached hydrogen (secondary N) is 2. The van der Waals surface area contributed by atoms with E-state index in [1.807, 2.05) is 41.8 Å². The van der Waals surface area contributed by atoms with Crippen molar-refractivity contribution < 1.29 is 10.2 Å². The highest BCUT2D eigenvalue weighted by Gasteiger charge is 2.15. The molecule has 0 aliphatic carbocycles. The summed E-state index contributed by atoms with van der Waals surface area (Å²) in [6, 6.07) is 9.74. The summed E-state index contributed by atoms with van der Waals surface area (Å²) in [6.07, 6.45) is 2.16. The Labute approximate surface area is 151 Å². The zero-order valence-electron chi connectivity index (χ0n) is 14.8. The molecule has 8 heteroatoms. The first-order valence-corrected chi connectivity index (χ1v) is 8.74. The topological polar surface area (TPSA) is 108 Å². The van der Waals surface area contributed by atoms with Gasteiger partial charge in [0.05, 0.1) is 19.0 Å². The molecule has 4 N–H and O–H groups in total. The lowest BCUT2D eigenvalue weighted by Gasteiger charge is -2.16. The van der Waals surface area contributed by atoms with Gasteiger partial charge in [-0.25, -0.2) is 4.98 Å². The van der Waals surface area contributed by atoms with E-state index in [9.17, 15) is 5.11 Å². The molecular formula is C18H24N6O2. The Balaban J connectivity index is 1.90. The lowest BCUT2D eigenvalue weighted by Crippen LogP contribution is -2.26. The van der Waals surface area contributed by atoms with E-state index in [-0.39, 0.29) is 19.3 Å². The number of fused-ring (bicyclic) bond motifs is 1. The Bertz CT molecular complexity index is 836. The van der Waals surface area contributed by atoms with Crippen LogP contribution in [0.5, 0.6) is 0 Å². The summed E-state index contributed by atoms with van der Waals surface area (Å²) in [4.78, 5) is 13.5. The van der Waals surface area contributed by atoms with E-state index in [1.165, 1.54) is 0 Å². The van der Waals surface area contributed by atoms with Crippen molar-refractivity contribution >= 4 is 22.9 Å². The highest BCUT2D eigenvalue weighted by Crippen LogP contribution is 2.22. The van der Waals surface area contributed by atoms with Crippen LogP contribution in [0.3, 0.4) is 0 Å². The number of nitrogens with zero attached hydrogens (tertiary/aromatic N) is 4. The standard InChI is InChI=1S/C18H24N6O2/c1-2-24-12-20-15-16(19-10-13-6-4-3-5-7-13)22-18(23-17(15)24)21-14(11-26)8-9-25/h3-7,12,14,25-26H,2,8-11H2,1H3,(H2,19,21,22,23). The minimum absolute atomic E-state index is 0.0214. The van der Waals surface area contributed by atoms with Gasteiger partial charge in [0, 0.05) is 19.7 Å². The minimum atomic E-state index is -0.308. The van der Waals surface area contributed by atoms with E-state index in [4.69, 9.17) is 5.11 Å². The molecule has 0 fully saturated rings. The van der Waals surface area contributed by atoms with Gasteiger partial charge in [-0.1, -0.05) is 30.3 Å². The molecule has 3 rings (SSSR count). The number of rotatable bonds is 9. The molecule has 2 heterocycles. The number of benzene rings is 1. The molecule has 0 aliphatic heterocycles. The molecule has 1 atom stereocenters.